The van der Waals surface area contributed by atoms with E-state index in [0.717, 1.165) is 11.3 Å². The van der Waals surface area contributed by atoms with Gasteiger partial charge in [0.15, 0.2) is 0 Å². The van der Waals surface area contributed by atoms with Crippen LogP contribution in [0.3, 0.4) is 0 Å². The van der Waals surface area contributed by atoms with Crippen LogP contribution in [0.4, 0.5) is 0 Å². The SMILES string of the molecule is c1ccc(-c2cccnc2)nc1.c1cnccn1. The van der Waals surface area contributed by atoms with Crippen molar-refractivity contribution in [3.8, 4) is 11.3 Å². The molecule has 0 spiro atoms. The molecule has 4 nitrogen and oxygen atoms in total. The molecule has 0 bridgehead atoms. The number of nitrogens with zero attached hydrogens (tertiary/aromatic N) is 4. The zero-order valence-corrected chi connectivity index (χ0v) is 9.72. The Hall–Kier alpha value is -2.62. The predicted octanol–water partition coefficient (Wildman–Crippen LogP) is 2.62. The van der Waals surface area contributed by atoms with Crippen molar-refractivity contribution < 1.29 is 0 Å². The van der Waals surface area contributed by atoms with E-state index >= 15 is 0 Å². The largest absolute Gasteiger partial charge is 0.264 e. The van der Waals surface area contributed by atoms with Crippen molar-refractivity contribution >= 4 is 0 Å². The molecule has 0 atom stereocenters. The molecule has 0 fully saturated rings. The number of aromatic nitrogens is 4. The van der Waals surface area contributed by atoms with Gasteiger partial charge in [-0.15, -0.1) is 0 Å². The molecule has 3 heterocycles. The number of pyridine rings is 2. The number of hydrogen-bond donors (Lipinski definition) is 0. The Morgan fingerprint density at radius 2 is 1.39 bits per heavy atom. The Labute approximate surface area is 105 Å². The Morgan fingerprint density at radius 1 is 0.611 bits per heavy atom. The van der Waals surface area contributed by atoms with Crippen LogP contribution in [0.25, 0.3) is 11.3 Å². The predicted molar refractivity (Wildman–Crippen MR) is 69.5 cm³/mol. The fraction of sp³-hybridized carbons (Fsp3) is 0. The van der Waals surface area contributed by atoms with Crippen molar-refractivity contribution in [2.75, 3.05) is 0 Å². The normalized spacial score (nSPS) is 9.11. The molecule has 4 heteroatoms. The van der Waals surface area contributed by atoms with E-state index < -0.39 is 0 Å². The molecule has 0 unspecified atom stereocenters. The summed E-state index contributed by atoms with van der Waals surface area (Å²) >= 11 is 0. The molecule has 0 saturated carbocycles. The highest BCUT2D eigenvalue weighted by Crippen LogP contribution is 2.12. The molecule has 0 N–H and O–H groups in total. The summed E-state index contributed by atoms with van der Waals surface area (Å²) in [7, 11) is 0. The van der Waals surface area contributed by atoms with Gasteiger partial charge in [-0.3, -0.25) is 19.9 Å². The van der Waals surface area contributed by atoms with Gasteiger partial charge in [-0.25, -0.2) is 0 Å². The third-order valence-electron chi connectivity index (χ3n) is 2.10. The monoisotopic (exact) mass is 236 g/mol. The zero-order valence-electron chi connectivity index (χ0n) is 9.72. The molecule has 0 aliphatic heterocycles. The van der Waals surface area contributed by atoms with Gasteiger partial charge in [0.2, 0.25) is 0 Å². The van der Waals surface area contributed by atoms with E-state index in [1.165, 1.54) is 0 Å². The smallest absolute Gasteiger partial charge is 0.0717 e. The van der Waals surface area contributed by atoms with Gasteiger partial charge in [0, 0.05) is 48.9 Å². The quantitative estimate of drug-likeness (QED) is 0.651. The van der Waals surface area contributed by atoms with E-state index in [2.05, 4.69) is 19.9 Å². The van der Waals surface area contributed by atoms with E-state index in [4.69, 9.17) is 0 Å². The minimum atomic E-state index is 0.964. The Bertz CT molecular complexity index is 476. The van der Waals surface area contributed by atoms with E-state index in [9.17, 15) is 0 Å². The van der Waals surface area contributed by atoms with Gasteiger partial charge in [-0.2, -0.15) is 0 Å². The second-order valence-electron chi connectivity index (χ2n) is 3.35. The van der Waals surface area contributed by atoms with Gasteiger partial charge in [-0.05, 0) is 24.3 Å². The standard InChI is InChI=1S/C10H8N2.C4H4N2/c1-2-7-12-10(5-1)9-4-3-6-11-8-9;1-2-6-4-3-5-1/h1-8H;1-4H. The third kappa shape index (κ3) is 3.75. The van der Waals surface area contributed by atoms with Crippen LogP contribution in [0.2, 0.25) is 0 Å². The van der Waals surface area contributed by atoms with Crippen LogP contribution in [-0.4, -0.2) is 19.9 Å². The fourth-order valence-corrected chi connectivity index (χ4v) is 1.30. The maximum absolute atomic E-state index is 4.21. The molecule has 0 saturated heterocycles. The van der Waals surface area contributed by atoms with Crippen molar-refractivity contribution in [3.05, 3.63) is 73.7 Å². The molecule has 3 aromatic rings. The van der Waals surface area contributed by atoms with Crippen molar-refractivity contribution in [2.45, 2.75) is 0 Å². The molecule has 3 rings (SSSR count). The molecule has 0 radical (unpaired) electrons. The molecule has 0 aromatic carbocycles. The van der Waals surface area contributed by atoms with Crippen molar-refractivity contribution in [1.82, 2.24) is 19.9 Å². The lowest BCUT2D eigenvalue weighted by atomic mass is 10.2. The van der Waals surface area contributed by atoms with Crippen LogP contribution in [-0.2, 0) is 0 Å². The van der Waals surface area contributed by atoms with Crippen LogP contribution in [0.15, 0.2) is 73.7 Å². The summed E-state index contributed by atoms with van der Waals surface area (Å²) < 4.78 is 0. The lowest BCUT2D eigenvalue weighted by molar-refractivity contribution is 1.20. The summed E-state index contributed by atoms with van der Waals surface area (Å²) in [6.45, 7) is 0. The van der Waals surface area contributed by atoms with Gasteiger partial charge >= 0.3 is 0 Å². The molecule has 0 aliphatic rings. The first-order valence-electron chi connectivity index (χ1n) is 5.48. The van der Waals surface area contributed by atoms with Crippen molar-refractivity contribution in [1.29, 1.82) is 0 Å². The highest BCUT2D eigenvalue weighted by atomic mass is 14.7. The second kappa shape index (κ2) is 6.85. The maximum Gasteiger partial charge on any atom is 0.0717 e. The Morgan fingerprint density at radius 3 is 1.89 bits per heavy atom. The highest BCUT2D eigenvalue weighted by molar-refractivity contribution is 5.56. The third-order valence-corrected chi connectivity index (χ3v) is 2.10. The van der Waals surface area contributed by atoms with Gasteiger partial charge < -0.3 is 0 Å². The van der Waals surface area contributed by atoms with Crippen LogP contribution in [0.5, 0.6) is 0 Å². The van der Waals surface area contributed by atoms with E-state index in [1.54, 1.807) is 37.2 Å². The Kier molecular flexibility index (Phi) is 4.51. The van der Waals surface area contributed by atoms with Crippen molar-refractivity contribution in [3.63, 3.8) is 0 Å². The summed E-state index contributed by atoms with van der Waals surface area (Å²) in [5, 5.41) is 0. The molecule has 0 amide bonds. The van der Waals surface area contributed by atoms with Crippen LogP contribution in [0, 0.1) is 0 Å². The van der Waals surface area contributed by atoms with E-state index in [1.807, 2.05) is 36.5 Å². The minimum Gasteiger partial charge on any atom is -0.264 e. The molecule has 3 aromatic heterocycles. The number of rotatable bonds is 1. The summed E-state index contributed by atoms with van der Waals surface area (Å²) in [4.78, 5) is 15.7. The molecule has 88 valence electrons. The van der Waals surface area contributed by atoms with Gasteiger partial charge in [0.05, 0.1) is 5.69 Å². The van der Waals surface area contributed by atoms with E-state index in [-0.39, 0.29) is 0 Å². The summed E-state index contributed by atoms with van der Waals surface area (Å²) in [5.41, 5.74) is 2.02. The van der Waals surface area contributed by atoms with Crippen LogP contribution in [0.1, 0.15) is 0 Å². The first-order valence-corrected chi connectivity index (χ1v) is 5.48. The van der Waals surface area contributed by atoms with Crippen LogP contribution < -0.4 is 0 Å². The lowest BCUT2D eigenvalue weighted by Crippen LogP contribution is -1.81. The van der Waals surface area contributed by atoms with Gasteiger partial charge in [-0.1, -0.05) is 6.07 Å². The van der Waals surface area contributed by atoms with E-state index in [0.29, 0.717) is 0 Å². The molecule has 18 heavy (non-hydrogen) atoms. The zero-order chi connectivity index (χ0) is 12.5. The fourth-order valence-electron chi connectivity index (χ4n) is 1.30. The van der Waals surface area contributed by atoms with Gasteiger partial charge in [0.1, 0.15) is 0 Å². The molecular weight excluding hydrogens is 224 g/mol. The van der Waals surface area contributed by atoms with Gasteiger partial charge in [0.25, 0.3) is 0 Å². The molecule has 0 aliphatic carbocycles. The average Bonchev–Trinajstić information content (AvgIpc) is 2.51. The maximum atomic E-state index is 4.21. The lowest BCUT2D eigenvalue weighted by Gasteiger charge is -1.96. The highest BCUT2D eigenvalue weighted by Gasteiger charge is 1.94. The van der Waals surface area contributed by atoms with Crippen LogP contribution >= 0.6 is 0 Å². The minimum absolute atomic E-state index is 0.964. The molecular formula is C14H12N4. The summed E-state index contributed by atoms with van der Waals surface area (Å²) in [5.74, 6) is 0. The topological polar surface area (TPSA) is 51.6 Å². The summed E-state index contributed by atoms with van der Waals surface area (Å²) in [6.07, 6.45) is 11.9. The average molecular weight is 236 g/mol. The first-order chi connectivity index (χ1) is 8.97. The second-order valence-corrected chi connectivity index (χ2v) is 3.35. The number of hydrogen-bond acceptors (Lipinski definition) is 4. The Balaban J connectivity index is 0.000000169. The van der Waals surface area contributed by atoms with Crippen molar-refractivity contribution in [2.24, 2.45) is 0 Å². The first kappa shape index (κ1) is 11.9. The summed E-state index contributed by atoms with van der Waals surface area (Å²) in [6, 6.07) is 9.74.